The predicted molar refractivity (Wildman–Crippen MR) is 240 cm³/mol. The van der Waals surface area contributed by atoms with Gasteiger partial charge < -0.3 is 9.47 Å². The van der Waals surface area contributed by atoms with E-state index in [1.54, 1.807) is 0 Å². The summed E-state index contributed by atoms with van der Waals surface area (Å²) in [6.07, 6.45) is 13.8. The number of benzene rings is 6. The first-order chi connectivity index (χ1) is 28.4. The summed E-state index contributed by atoms with van der Waals surface area (Å²) < 4.78 is 21.8. The number of fused-ring (bicyclic) bond motifs is 2. The molecule has 6 heteroatoms. The van der Waals surface area contributed by atoms with E-state index >= 15 is 0 Å². The quantitative estimate of drug-likeness (QED) is 0.116. The third-order valence-electron chi connectivity index (χ3n) is 11.7. The Balaban J connectivity index is 1.11. The smallest absolute Gasteiger partial charge is 0.244 e. The number of ether oxygens (including phenoxy) is 2. The summed E-state index contributed by atoms with van der Waals surface area (Å²) >= 11 is 0. The van der Waals surface area contributed by atoms with E-state index in [0.717, 1.165) is 46.8 Å². The van der Waals surface area contributed by atoms with Gasteiger partial charge in [-0.3, -0.25) is 0 Å². The van der Waals surface area contributed by atoms with Crippen LogP contribution in [0.3, 0.4) is 0 Å². The van der Waals surface area contributed by atoms with Gasteiger partial charge in [0.05, 0.1) is 14.2 Å². The Kier molecular flexibility index (Phi) is 10.9. The lowest BCUT2D eigenvalue weighted by Gasteiger charge is -2.25. The van der Waals surface area contributed by atoms with Gasteiger partial charge >= 0.3 is 0 Å². The van der Waals surface area contributed by atoms with Crippen molar-refractivity contribution in [1.29, 1.82) is 0 Å². The minimum atomic E-state index is -0.0565. The highest BCUT2D eigenvalue weighted by Gasteiger charge is 2.25. The number of nitrogens with zero attached hydrogens (tertiary/aromatic N) is 4. The van der Waals surface area contributed by atoms with Crippen molar-refractivity contribution in [2.24, 2.45) is 0 Å². The molecule has 0 aliphatic heterocycles. The van der Waals surface area contributed by atoms with E-state index in [9.17, 15) is 0 Å². The molecule has 0 saturated heterocycles. The summed E-state index contributed by atoms with van der Waals surface area (Å²) in [5.74, 6) is 1.86. The van der Waals surface area contributed by atoms with Crippen molar-refractivity contribution in [2.45, 2.75) is 85.0 Å². The van der Waals surface area contributed by atoms with Gasteiger partial charge in [0.1, 0.15) is 62.5 Å². The van der Waals surface area contributed by atoms with Crippen molar-refractivity contribution in [3.05, 3.63) is 191 Å². The molecule has 300 valence electrons. The SMILES string of the molecule is COc1c(Cc2cc(C(C)(C)C)cc(C[n+]3ccn(Cc4cccc5ccccc45)c3)c2OC)cc(C(C)(C)C)cc1C[n+]1ccn(Cc2cccc3ccccc23)c1. The molecule has 2 heterocycles. The van der Waals surface area contributed by atoms with Crippen LogP contribution in [0.2, 0.25) is 0 Å². The van der Waals surface area contributed by atoms with Gasteiger partial charge in [0.25, 0.3) is 0 Å². The Morgan fingerprint density at radius 3 is 1.27 bits per heavy atom. The maximum absolute atomic E-state index is 6.35. The number of imidazole rings is 2. The average molecular weight is 783 g/mol. The molecule has 0 radical (unpaired) electrons. The highest BCUT2D eigenvalue weighted by Crippen LogP contribution is 2.38. The van der Waals surface area contributed by atoms with Gasteiger partial charge in [-0.05, 0) is 66.8 Å². The van der Waals surface area contributed by atoms with Crippen molar-refractivity contribution in [2.75, 3.05) is 14.2 Å². The summed E-state index contributed by atoms with van der Waals surface area (Å²) in [6, 6.07) is 39.7. The zero-order valence-corrected chi connectivity index (χ0v) is 36.0. The molecule has 0 spiro atoms. The van der Waals surface area contributed by atoms with Gasteiger partial charge in [-0.1, -0.05) is 139 Å². The van der Waals surface area contributed by atoms with Crippen LogP contribution < -0.4 is 18.6 Å². The second-order valence-electron chi connectivity index (χ2n) is 18.1. The predicted octanol–water partition coefficient (Wildman–Crippen LogP) is 10.6. The van der Waals surface area contributed by atoms with Crippen LogP contribution in [0.5, 0.6) is 11.5 Å². The van der Waals surface area contributed by atoms with Crippen LogP contribution in [0.25, 0.3) is 21.5 Å². The fourth-order valence-corrected chi connectivity index (χ4v) is 8.50. The molecule has 6 aromatic carbocycles. The van der Waals surface area contributed by atoms with E-state index in [0.29, 0.717) is 19.5 Å². The zero-order chi connectivity index (χ0) is 41.3. The highest BCUT2D eigenvalue weighted by atomic mass is 16.5. The second-order valence-corrected chi connectivity index (χ2v) is 18.1. The molecule has 59 heavy (non-hydrogen) atoms. The lowest BCUT2D eigenvalue weighted by molar-refractivity contribution is -0.688. The third-order valence-corrected chi connectivity index (χ3v) is 11.7. The van der Waals surface area contributed by atoms with E-state index in [1.807, 2.05) is 14.2 Å². The molecule has 0 unspecified atom stereocenters. The highest BCUT2D eigenvalue weighted by molar-refractivity contribution is 5.86. The van der Waals surface area contributed by atoms with Crippen LogP contribution >= 0.6 is 0 Å². The molecular weight excluding hydrogens is 725 g/mol. The standard InChI is InChI=1S/C53H58N4O2/c1-52(2,3)46-28-42(50(58-7)44(30-46)34-56-25-23-54(36-56)32-40-19-13-17-38-15-9-11-21-48(38)40)27-43-29-47(53(4,5)6)31-45(51(43)59-8)35-57-26-24-55(37-57)33-41-20-14-18-39-16-10-12-22-49(39)41/h9-26,28-31,36-37H,27,32-35H2,1-8H3/q+2. The van der Waals surface area contributed by atoms with E-state index in [4.69, 9.17) is 9.47 Å². The number of hydrogen-bond donors (Lipinski definition) is 0. The zero-order valence-electron chi connectivity index (χ0n) is 36.0. The van der Waals surface area contributed by atoms with Gasteiger partial charge in [-0.15, -0.1) is 0 Å². The molecule has 0 aliphatic carbocycles. The Morgan fingerprint density at radius 2 is 0.864 bits per heavy atom. The van der Waals surface area contributed by atoms with Gasteiger partial charge in [0.15, 0.2) is 0 Å². The van der Waals surface area contributed by atoms with E-state index in [-0.39, 0.29) is 10.8 Å². The summed E-state index contributed by atoms with van der Waals surface area (Å²) in [5.41, 5.74) is 9.73. The molecule has 0 atom stereocenters. The van der Waals surface area contributed by atoms with Crippen LogP contribution in [-0.2, 0) is 43.4 Å². The minimum absolute atomic E-state index is 0.0565. The van der Waals surface area contributed by atoms with Crippen LogP contribution in [0.15, 0.2) is 147 Å². The number of rotatable bonds is 12. The van der Waals surface area contributed by atoms with Gasteiger partial charge in [-0.2, -0.15) is 0 Å². The van der Waals surface area contributed by atoms with E-state index in [1.165, 1.54) is 43.8 Å². The molecule has 6 nitrogen and oxygen atoms in total. The monoisotopic (exact) mass is 782 g/mol. The fraction of sp³-hybridized carbons (Fsp3) is 0.283. The third kappa shape index (κ3) is 8.68. The first-order valence-electron chi connectivity index (χ1n) is 20.8. The first kappa shape index (κ1) is 39.7. The normalized spacial score (nSPS) is 12.1. The first-order valence-corrected chi connectivity index (χ1v) is 20.8. The van der Waals surface area contributed by atoms with Crippen molar-refractivity contribution in [3.8, 4) is 11.5 Å². The molecule has 0 N–H and O–H groups in total. The lowest BCUT2D eigenvalue weighted by atomic mass is 9.82. The summed E-state index contributed by atoms with van der Waals surface area (Å²) in [7, 11) is 3.62. The van der Waals surface area contributed by atoms with Gasteiger partial charge in [-0.25, -0.2) is 18.3 Å². The largest absolute Gasteiger partial charge is 0.496 e. The van der Waals surface area contributed by atoms with E-state index < -0.39 is 0 Å². The lowest BCUT2D eigenvalue weighted by Crippen LogP contribution is -2.32. The molecule has 0 saturated carbocycles. The molecule has 0 aliphatic rings. The van der Waals surface area contributed by atoms with E-state index in [2.05, 4.69) is 206 Å². The number of hydrogen-bond acceptors (Lipinski definition) is 2. The maximum Gasteiger partial charge on any atom is 0.244 e. The van der Waals surface area contributed by atoms with Crippen LogP contribution in [0, 0.1) is 0 Å². The Morgan fingerprint density at radius 1 is 0.475 bits per heavy atom. The topological polar surface area (TPSA) is 36.1 Å². The molecule has 0 amide bonds. The van der Waals surface area contributed by atoms with Crippen molar-refractivity contribution < 1.29 is 18.6 Å². The molecule has 0 bridgehead atoms. The number of methoxy groups -OCH3 is 2. The second kappa shape index (κ2) is 16.2. The van der Waals surface area contributed by atoms with Crippen molar-refractivity contribution in [3.63, 3.8) is 0 Å². The molecular formula is C53H58N4O2+2. The minimum Gasteiger partial charge on any atom is -0.496 e. The molecule has 0 fully saturated rings. The Labute approximate surface area is 349 Å². The van der Waals surface area contributed by atoms with Crippen molar-refractivity contribution in [1.82, 2.24) is 9.13 Å². The summed E-state index contributed by atoms with van der Waals surface area (Å²) in [4.78, 5) is 0. The van der Waals surface area contributed by atoms with Crippen molar-refractivity contribution >= 4 is 21.5 Å². The molecule has 2 aromatic heterocycles. The molecule has 8 rings (SSSR count). The van der Waals surface area contributed by atoms with Gasteiger partial charge in [0, 0.05) is 28.7 Å². The summed E-state index contributed by atoms with van der Waals surface area (Å²) in [6.45, 7) is 16.7. The van der Waals surface area contributed by atoms with Crippen LogP contribution in [-0.4, -0.2) is 23.4 Å². The van der Waals surface area contributed by atoms with Gasteiger partial charge in [0.2, 0.25) is 12.7 Å². The van der Waals surface area contributed by atoms with Crippen LogP contribution in [0.1, 0.15) is 86.1 Å². The van der Waals surface area contributed by atoms with Crippen LogP contribution in [0.4, 0.5) is 0 Å². The Bertz CT molecular complexity index is 2560. The number of aromatic nitrogens is 4. The molecule has 8 aromatic rings. The summed E-state index contributed by atoms with van der Waals surface area (Å²) in [5, 5.41) is 5.12. The maximum atomic E-state index is 6.35. The fourth-order valence-electron chi connectivity index (χ4n) is 8.50. The average Bonchev–Trinajstić information content (AvgIpc) is 3.85. The Hall–Kier alpha value is -6.14.